The van der Waals surface area contributed by atoms with Crippen LogP contribution in [0.1, 0.15) is 60.9 Å². The predicted octanol–water partition coefficient (Wildman–Crippen LogP) is 3.03. The normalized spacial score (nSPS) is 19.7. The summed E-state index contributed by atoms with van der Waals surface area (Å²) in [5, 5.41) is 0. The summed E-state index contributed by atoms with van der Waals surface area (Å²) < 4.78 is 40.9. The molecule has 0 radical (unpaired) electrons. The first-order chi connectivity index (χ1) is 9.13. The minimum absolute atomic E-state index is 0.0260. The standard InChI is InChI=1S/C12H15F2NO4/c1-2-17-12(16)9-8(10(13)14)15-11(19-9)7-5-3-4-6-18-7/h7,10H,2-6H2,1H3. The van der Waals surface area contributed by atoms with Gasteiger partial charge >= 0.3 is 5.97 Å². The molecule has 5 nitrogen and oxygen atoms in total. The van der Waals surface area contributed by atoms with Crippen molar-refractivity contribution < 1.29 is 27.5 Å². The summed E-state index contributed by atoms with van der Waals surface area (Å²) in [7, 11) is 0. The van der Waals surface area contributed by atoms with Crippen LogP contribution in [-0.4, -0.2) is 24.2 Å². The molecular formula is C12H15F2NO4. The van der Waals surface area contributed by atoms with Gasteiger partial charge < -0.3 is 13.9 Å². The van der Waals surface area contributed by atoms with Crippen LogP contribution in [0.5, 0.6) is 0 Å². The fourth-order valence-corrected chi connectivity index (χ4v) is 1.91. The number of alkyl halides is 2. The Bertz CT molecular complexity index is 441. The Kier molecular flexibility index (Phi) is 4.47. The summed E-state index contributed by atoms with van der Waals surface area (Å²) in [4.78, 5) is 15.2. The minimum Gasteiger partial charge on any atom is -0.460 e. The molecule has 0 bridgehead atoms. The van der Waals surface area contributed by atoms with Gasteiger partial charge in [-0.05, 0) is 26.2 Å². The predicted molar refractivity (Wildman–Crippen MR) is 60.0 cm³/mol. The average Bonchev–Trinajstić information content (AvgIpc) is 2.85. The van der Waals surface area contributed by atoms with Crippen molar-refractivity contribution in [2.24, 2.45) is 0 Å². The third-order valence-corrected chi connectivity index (χ3v) is 2.79. The van der Waals surface area contributed by atoms with E-state index < -0.39 is 30.0 Å². The van der Waals surface area contributed by atoms with Gasteiger partial charge in [0.2, 0.25) is 11.7 Å². The van der Waals surface area contributed by atoms with E-state index >= 15 is 0 Å². The molecule has 106 valence electrons. The van der Waals surface area contributed by atoms with E-state index in [1.54, 1.807) is 6.92 Å². The van der Waals surface area contributed by atoms with Crippen LogP contribution < -0.4 is 0 Å². The van der Waals surface area contributed by atoms with Gasteiger partial charge in [-0.1, -0.05) is 0 Å². The van der Waals surface area contributed by atoms with Gasteiger partial charge in [-0.2, -0.15) is 0 Å². The number of esters is 1. The van der Waals surface area contributed by atoms with E-state index in [0.717, 1.165) is 12.8 Å². The molecule has 0 spiro atoms. The fraction of sp³-hybridized carbons (Fsp3) is 0.667. The summed E-state index contributed by atoms with van der Waals surface area (Å²) in [6.45, 7) is 2.20. The first kappa shape index (κ1) is 13.9. The van der Waals surface area contributed by atoms with Crippen molar-refractivity contribution in [1.29, 1.82) is 0 Å². The van der Waals surface area contributed by atoms with E-state index in [1.807, 2.05) is 0 Å². The van der Waals surface area contributed by atoms with Crippen LogP contribution in [0.3, 0.4) is 0 Å². The Labute approximate surface area is 108 Å². The zero-order valence-corrected chi connectivity index (χ0v) is 10.5. The summed E-state index contributed by atoms with van der Waals surface area (Å²) in [5.41, 5.74) is -0.678. The molecule has 1 saturated heterocycles. The number of nitrogens with zero attached hydrogens (tertiary/aromatic N) is 1. The van der Waals surface area contributed by atoms with Gasteiger partial charge in [-0.25, -0.2) is 18.6 Å². The average molecular weight is 275 g/mol. The van der Waals surface area contributed by atoms with E-state index in [4.69, 9.17) is 9.15 Å². The van der Waals surface area contributed by atoms with E-state index in [2.05, 4.69) is 9.72 Å². The number of hydrogen-bond acceptors (Lipinski definition) is 5. The molecule has 7 heteroatoms. The fourth-order valence-electron chi connectivity index (χ4n) is 1.91. The van der Waals surface area contributed by atoms with Crippen molar-refractivity contribution in [3.05, 3.63) is 17.3 Å². The number of rotatable bonds is 4. The van der Waals surface area contributed by atoms with Crippen LogP contribution in [0.15, 0.2) is 4.42 Å². The molecule has 1 aliphatic heterocycles. The van der Waals surface area contributed by atoms with Crippen molar-refractivity contribution in [2.75, 3.05) is 13.2 Å². The van der Waals surface area contributed by atoms with Gasteiger partial charge in [-0.15, -0.1) is 0 Å². The first-order valence-corrected chi connectivity index (χ1v) is 6.21. The topological polar surface area (TPSA) is 61.6 Å². The molecular weight excluding hydrogens is 260 g/mol. The smallest absolute Gasteiger partial charge is 0.376 e. The quantitative estimate of drug-likeness (QED) is 0.790. The molecule has 1 aliphatic rings. The third kappa shape index (κ3) is 3.09. The number of oxazole rings is 1. The van der Waals surface area contributed by atoms with Gasteiger partial charge in [0.25, 0.3) is 6.43 Å². The lowest BCUT2D eigenvalue weighted by Gasteiger charge is -2.19. The lowest BCUT2D eigenvalue weighted by Crippen LogP contribution is -2.11. The van der Waals surface area contributed by atoms with Gasteiger partial charge in [0.1, 0.15) is 6.10 Å². The number of carbonyl (C=O) groups is 1. The number of halogens is 2. The van der Waals surface area contributed by atoms with Gasteiger partial charge in [0.15, 0.2) is 5.69 Å². The third-order valence-electron chi connectivity index (χ3n) is 2.79. The van der Waals surface area contributed by atoms with Gasteiger partial charge in [-0.3, -0.25) is 0 Å². The number of hydrogen-bond donors (Lipinski definition) is 0. The van der Waals surface area contributed by atoms with Crippen molar-refractivity contribution in [1.82, 2.24) is 4.98 Å². The Morgan fingerprint density at radius 3 is 2.89 bits per heavy atom. The van der Waals surface area contributed by atoms with Crippen molar-refractivity contribution in [2.45, 2.75) is 38.7 Å². The van der Waals surface area contributed by atoms with Crippen LogP contribution in [-0.2, 0) is 9.47 Å². The van der Waals surface area contributed by atoms with Crippen LogP contribution in [0, 0.1) is 0 Å². The lowest BCUT2D eigenvalue weighted by molar-refractivity contribution is -0.00264. The Morgan fingerprint density at radius 2 is 2.32 bits per heavy atom. The molecule has 0 saturated carbocycles. The van der Waals surface area contributed by atoms with E-state index in [9.17, 15) is 13.6 Å². The highest BCUT2D eigenvalue weighted by atomic mass is 19.3. The van der Waals surface area contributed by atoms with Crippen LogP contribution in [0.4, 0.5) is 8.78 Å². The second-order valence-corrected chi connectivity index (χ2v) is 4.14. The van der Waals surface area contributed by atoms with Crippen molar-refractivity contribution in [3.63, 3.8) is 0 Å². The lowest BCUT2D eigenvalue weighted by atomic mass is 10.1. The molecule has 0 aliphatic carbocycles. The Balaban J connectivity index is 2.26. The van der Waals surface area contributed by atoms with Crippen molar-refractivity contribution in [3.8, 4) is 0 Å². The van der Waals surface area contributed by atoms with E-state index in [-0.39, 0.29) is 12.5 Å². The highest BCUT2D eigenvalue weighted by molar-refractivity contribution is 5.87. The van der Waals surface area contributed by atoms with E-state index in [0.29, 0.717) is 13.0 Å². The number of aromatic nitrogens is 1. The second kappa shape index (κ2) is 6.10. The summed E-state index contributed by atoms with van der Waals surface area (Å²) >= 11 is 0. The molecule has 1 aromatic rings. The highest BCUT2D eigenvalue weighted by Gasteiger charge is 2.31. The molecule has 2 rings (SSSR count). The summed E-state index contributed by atoms with van der Waals surface area (Å²) in [6, 6.07) is 0. The SMILES string of the molecule is CCOC(=O)c1oc(C2CCCCO2)nc1C(F)F. The van der Waals surface area contributed by atoms with E-state index in [1.165, 1.54) is 0 Å². The largest absolute Gasteiger partial charge is 0.460 e. The molecule has 19 heavy (non-hydrogen) atoms. The molecule has 1 aromatic heterocycles. The maximum atomic E-state index is 12.8. The summed E-state index contributed by atoms with van der Waals surface area (Å²) in [6.07, 6.45) is -0.879. The zero-order chi connectivity index (χ0) is 13.8. The highest BCUT2D eigenvalue weighted by Crippen LogP contribution is 2.31. The Morgan fingerprint density at radius 1 is 1.53 bits per heavy atom. The molecule has 0 aromatic carbocycles. The second-order valence-electron chi connectivity index (χ2n) is 4.14. The maximum Gasteiger partial charge on any atom is 0.376 e. The Hall–Kier alpha value is -1.50. The minimum atomic E-state index is -2.89. The molecule has 0 N–H and O–H groups in total. The zero-order valence-electron chi connectivity index (χ0n) is 10.5. The van der Waals surface area contributed by atoms with Crippen LogP contribution >= 0.6 is 0 Å². The summed E-state index contributed by atoms with van der Waals surface area (Å²) in [5.74, 6) is -1.42. The monoisotopic (exact) mass is 275 g/mol. The molecule has 1 fully saturated rings. The maximum absolute atomic E-state index is 12.8. The molecule has 0 amide bonds. The molecule has 2 heterocycles. The van der Waals surface area contributed by atoms with Crippen molar-refractivity contribution >= 4 is 5.97 Å². The van der Waals surface area contributed by atoms with Crippen LogP contribution in [0.2, 0.25) is 0 Å². The first-order valence-electron chi connectivity index (χ1n) is 6.21. The number of carbonyl (C=O) groups excluding carboxylic acids is 1. The van der Waals surface area contributed by atoms with Gasteiger partial charge in [0, 0.05) is 6.61 Å². The number of ether oxygens (including phenoxy) is 2. The molecule has 1 unspecified atom stereocenters. The molecule has 1 atom stereocenters. The van der Waals surface area contributed by atoms with Crippen LogP contribution in [0.25, 0.3) is 0 Å². The van der Waals surface area contributed by atoms with Gasteiger partial charge in [0.05, 0.1) is 6.61 Å².